The number of hydrogen-bond donors (Lipinski definition) is 0. The van der Waals surface area contributed by atoms with Crippen molar-refractivity contribution in [1.82, 2.24) is 4.90 Å². The molecule has 0 spiro atoms. The highest BCUT2D eigenvalue weighted by atomic mass is 15.1. The van der Waals surface area contributed by atoms with Crippen molar-refractivity contribution in [1.29, 1.82) is 0 Å². The SMILES string of the molecule is CC1CC(C)CN(CC(C)C(C)c2ccc(C(C)(C)c3ccccc3)cc2)C1. The van der Waals surface area contributed by atoms with Gasteiger partial charge in [-0.05, 0) is 46.8 Å². The van der Waals surface area contributed by atoms with Crippen LogP contribution in [0.3, 0.4) is 0 Å². The van der Waals surface area contributed by atoms with Crippen LogP contribution in [-0.4, -0.2) is 24.5 Å². The smallest absolute Gasteiger partial charge is 0.0146 e. The molecule has 1 nitrogen and oxygen atoms in total. The van der Waals surface area contributed by atoms with E-state index in [9.17, 15) is 0 Å². The van der Waals surface area contributed by atoms with E-state index in [0.29, 0.717) is 11.8 Å². The fraction of sp³-hybridized carbons (Fsp3) is 0.556. The van der Waals surface area contributed by atoms with Crippen LogP contribution in [0.2, 0.25) is 0 Å². The minimum atomic E-state index is 0.0364. The molecule has 1 heterocycles. The highest BCUT2D eigenvalue weighted by Gasteiger charge is 2.26. The van der Waals surface area contributed by atoms with Gasteiger partial charge in [-0.2, -0.15) is 0 Å². The van der Waals surface area contributed by atoms with E-state index >= 15 is 0 Å². The maximum atomic E-state index is 2.70. The van der Waals surface area contributed by atoms with Crippen LogP contribution in [0.5, 0.6) is 0 Å². The molecular formula is C27H39N. The van der Waals surface area contributed by atoms with Gasteiger partial charge in [0.05, 0.1) is 0 Å². The molecule has 0 amide bonds. The molecule has 4 unspecified atom stereocenters. The van der Waals surface area contributed by atoms with Crippen molar-refractivity contribution in [3.63, 3.8) is 0 Å². The molecule has 152 valence electrons. The molecule has 28 heavy (non-hydrogen) atoms. The van der Waals surface area contributed by atoms with Gasteiger partial charge in [-0.15, -0.1) is 0 Å². The lowest BCUT2D eigenvalue weighted by Crippen LogP contribution is -2.41. The molecule has 0 N–H and O–H groups in total. The topological polar surface area (TPSA) is 3.24 Å². The Morgan fingerprint density at radius 1 is 0.857 bits per heavy atom. The van der Waals surface area contributed by atoms with E-state index in [2.05, 4.69) is 101 Å². The normalized spacial score (nSPS) is 23.4. The Morgan fingerprint density at radius 2 is 1.39 bits per heavy atom. The van der Waals surface area contributed by atoms with Crippen molar-refractivity contribution in [2.75, 3.05) is 19.6 Å². The number of likely N-dealkylation sites (tertiary alicyclic amines) is 1. The highest BCUT2D eigenvalue weighted by molar-refractivity contribution is 5.39. The van der Waals surface area contributed by atoms with E-state index in [1.54, 1.807) is 0 Å². The molecule has 0 radical (unpaired) electrons. The Hall–Kier alpha value is -1.60. The summed E-state index contributed by atoms with van der Waals surface area (Å²) in [5, 5.41) is 0. The standard InChI is InChI=1S/C27H39N/c1-20-16-21(2)18-28(17-20)19-22(3)23(4)24-12-14-26(15-13-24)27(5,6)25-10-8-7-9-11-25/h7-15,20-23H,16-19H2,1-6H3. The minimum absolute atomic E-state index is 0.0364. The second-order valence-corrected chi connectivity index (χ2v) is 10.0. The van der Waals surface area contributed by atoms with Gasteiger partial charge in [0.25, 0.3) is 0 Å². The molecule has 3 rings (SSSR count). The zero-order valence-corrected chi connectivity index (χ0v) is 18.8. The quantitative estimate of drug-likeness (QED) is 0.539. The molecule has 1 saturated heterocycles. The van der Waals surface area contributed by atoms with Crippen LogP contribution in [0.25, 0.3) is 0 Å². The maximum absolute atomic E-state index is 2.70. The third kappa shape index (κ3) is 4.87. The fourth-order valence-electron chi connectivity index (χ4n) is 5.06. The molecule has 0 aliphatic carbocycles. The summed E-state index contributed by atoms with van der Waals surface area (Å²) < 4.78 is 0. The molecule has 4 atom stereocenters. The summed E-state index contributed by atoms with van der Waals surface area (Å²) in [7, 11) is 0. The van der Waals surface area contributed by atoms with Crippen LogP contribution in [0.1, 0.15) is 70.6 Å². The Balaban J connectivity index is 1.67. The van der Waals surface area contributed by atoms with Crippen LogP contribution in [0, 0.1) is 17.8 Å². The van der Waals surface area contributed by atoms with Gasteiger partial charge in [0.1, 0.15) is 0 Å². The molecule has 0 saturated carbocycles. The minimum Gasteiger partial charge on any atom is -0.303 e. The van der Waals surface area contributed by atoms with Crippen molar-refractivity contribution in [2.45, 2.75) is 59.3 Å². The van der Waals surface area contributed by atoms with Crippen molar-refractivity contribution in [3.05, 3.63) is 71.3 Å². The summed E-state index contributed by atoms with van der Waals surface area (Å²) in [4.78, 5) is 2.70. The van der Waals surface area contributed by atoms with Crippen LogP contribution in [0.4, 0.5) is 0 Å². The van der Waals surface area contributed by atoms with Crippen molar-refractivity contribution < 1.29 is 0 Å². The fourth-order valence-corrected chi connectivity index (χ4v) is 5.06. The number of benzene rings is 2. The van der Waals surface area contributed by atoms with Crippen molar-refractivity contribution in [3.8, 4) is 0 Å². The monoisotopic (exact) mass is 377 g/mol. The first-order chi connectivity index (χ1) is 13.3. The summed E-state index contributed by atoms with van der Waals surface area (Å²) in [6.45, 7) is 18.0. The first-order valence-corrected chi connectivity index (χ1v) is 11.2. The highest BCUT2D eigenvalue weighted by Crippen LogP contribution is 2.33. The van der Waals surface area contributed by atoms with Crippen LogP contribution in [-0.2, 0) is 5.41 Å². The van der Waals surface area contributed by atoms with Gasteiger partial charge >= 0.3 is 0 Å². The lowest BCUT2D eigenvalue weighted by atomic mass is 9.77. The molecule has 1 heteroatoms. The maximum Gasteiger partial charge on any atom is 0.0146 e. The van der Waals surface area contributed by atoms with Crippen LogP contribution >= 0.6 is 0 Å². The Kier molecular flexibility index (Phi) is 6.65. The number of rotatable bonds is 6. The molecule has 2 aromatic rings. The summed E-state index contributed by atoms with van der Waals surface area (Å²) in [6, 6.07) is 20.3. The molecule has 1 aliphatic rings. The second-order valence-electron chi connectivity index (χ2n) is 10.0. The van der Waals surface area contributed by atoms with Crippen LogP contribution < -0.4 is 0 Å². The van der Waals surface area contributed by atoms with E-state index in [1.165, 1.54) is 42.7 Å². The Morgan fingerprint density at radius 3 is 1.96 bits per heavy atom. The van der Waals surface area contributed by atoms with Gasteiger partial charge < -0.3 is 4.90 Å². The van der Waals surface area contributed by atoms with Crippen molar-refractivity contribution >= 4 is 0 Å². The van der Waals surface area contributed by atoms with Gasteiger partial charge in [-0.1, -0.05) is 96.1 Å². The van der Waals surface area contributed by atoms with Gasteiger partial charge in [-0.25, -0.2) is 0 Å². The molecule has 0 bridgehead atoms. The summed E-state index contributed by atoms with van der Waals surface area (Å²) >= 11 is 0. The van der Waals surface area contributed by atoms with Gasteiger partial charge in [0.2, 0.25) is 0 Å². The zero-order valence-electron chi connectivity index (χ0n) is 18.8. The largest absolute Gasteiger partial charge is 0.303 e. The first kappa shape index (κ1) is 21.1. The molecule has 1 fully saturated rings. The van der Waals surface area contributed by atoms with Crippen molar-refractivity contribution in [2.24, 2.45) is 17.8 Å². The second kappa shape index (κ2) is 8.82. The van der Waals surface area contributed by atoms with E-state index in [-0.39, 0.29) is 5.41 Å². The van der Waals surface area contributed by atoms with E-state index in [1.807, 2.05) is 0 Å². The van der Waals surface area contributed by atoms with E-state index < -0.39 is 0 Å². The van der Waals surface area contributed by atoms with Gasteiger partial charge in [-0.3, -0.25) is 0 Å². The molecule has 1 aliphatic heterocycles. The lowest BCUT2D eigenvalue weighted by molar-refractivity contribution is 0.120. The average molecular weight is 378 g/mol. The molecule has 0 aromatic heterocycles. The number of piperidine rings is 1. The summed E-state index contributed by atoms with van der Waals surface area (Å²) in [5.41, 5.74) is 4.27. The summed E-state index contributed by atoms with van der Waals surface area (Å²) in [6.07, 6.45) is 1.39. The number of hydrogen-bond acceptors (Lipinski definition) is 1. The van der Waals surface area contributed by atoms with E-state index in [4.69, 9.17) is 0 Å². The molecular weight excluding hydrogens is 338 g/mol. The lowest BCUT2D eigenvalue weighted by Gasteiger charge is -2.37. The third-order valence-corrected chi connectivity index (χ3v) is 7.00. The molecule has 2 aromatic carbocycles. The first-order valence-electron chi connectivity index (χ1n) is 11.2. The van der Waals surface area contributed by atoms with Gasteiger partial charge in [0.15, 0.2) is 0 Å². The Bertz CT molecular complexity index is 721. The van der Waals surface area contributed by atoms with Crippen LogP contribution in [0.15, 0.2) is 54.6 Å². The van der Waals surface area contributed by atoms with Gasteiger partial charge in [0, 0.05) is 25.0 Å². The number of nitrogens with zero attached hydrogens (tertiary/aromatic N) is 1. The Labute approximate surface area is 173 Å². The van der Waals surface area contributed by atoms with E-state index in [0.717, 1.165) is 11.8 Å². The third-order valence-electron chi connectivity index (χ3n) is 7.00. The predicted octanol–water partition coefficient (Wildman–Crippen LogP) is 6.73. The predicted molar refractivity (Wildman–Crippen MR) is 122 cm³/mol. The summed E-state index contributed by atoms with van der Waals surface area (Å²) in [5.74, 6) is 2.93. The zero-order chi connectivity index (χ0) is 20.3. The average Bonchev–Trinajstić information content (AvgIpc) is 2.67.